The highest BCUT2D eigenvalue weighted by Gasteiger charge is 2.37. The maximum absolute atomic E-state index is 9.71. The average molecular weight is 226 g/mol. The van der Waals surface area contributed by atoms with Gasteiger partial charge in [0.15, 0.2) is 0 Å². The molecule has 0 saturated heterocycles. The van der Waals surface area contributed by atoms with Crippen LogP contribution in [0.2, 0.25) is 0 Å². The van der Waals surface area contributed by atoms with Crippen LogP contribution in [0.3, 0.4) is 0 Å². The van der Waals surface area contributed by atoms with Gasteiger partial charge < -0.3 is 9.84 Å². The first-order chi connectivity index (χ1) is 7.81. The van der Waals surface area contributed by atoms with E-state index in [4.69, 9.17) is 4.74 Å². The lowest BCUT2D eigenvalue weighted by atomic mass is 9.68. The molecule has 2 aliphatic carbocycles. The highest BCUT2D eigenvalue weighted by atomic mass is 16.5. The monoisotopic (exact) mass is 226 g/mol. The molecule has 0 aromatic rings. The second-order valence-electron chi connectivity index (χ2n) is 5.58. The van der Waals surface area contributed by atoms with Crippen molar-refractivity contribution in [2.24, 2.45) is 11.8 Å². The molecule has 16 heavy (non-hydrogen) atoms. The standard InChI is InChI=1S/C14H26O2/c1-2-3-9-16-14-6-4-5-11-10-12(15)7-8-13(11)14/h11-15H,2-10H2,1H3. The zero-order valence-electron chi connectivity index (χ0n) is 10.5. The van der Waals surface area contributed by atoms with Crippen molar-refractivity contribution in [3.8, 4) is 0 Å². The average Bonchev–Trinajstić information content (AvgIpc) is 2.29. The van der Waals surface area contributed by atoms with Crippen molar-refractivity contribution in [3.05, 3.63) is 0 Å². The van der Waals surface area contributed by atoms with Crippen LogP contribution in [-0.4, -0.2) is 23.9 Å². The number of hydrogen-bond acceptors (Lipinski definition) is 2. The van der Waals surface area contributed by atoms with Crippen LogP contribution >= 0.6 is 0 Å². The summed E-state index contributed by atoms with van der Waals surface area (Å²) >= 11 is 0. The normalized spacial score (nSPS) is 39.4. The molecule has 2 rings (SSSR count). The van der Waals surface area contributed by atoms with Crippen LogP contribution < -0.4 is 0 Å². The van der Waals surface area contributed by atoms with Gasteiger partial charge in [0.1, 0.15) is 0 Å². The Balaban J connectivity index is 1.83. The Labute approximate surface area is 99.4 Å². The highest BCUT2D eigenvalue weighted by molar-refractivity contribution is 4.88. The fourth-order valence-corrected chi connectivity index (χ4v) is 3.47. The molecular formula is C14H26O2. The summed E-state index contributed by atoms with van der Waals surface area (Å²) in [5.41, 5.74) is 0. The first-order valence-electron chi connectivity index (χ1n) is 7.11. The van der Waals surface area contributed by atoms with Crippen LogP contribution in [0.5, 0.6) is 0 Å². The highest BCUT2D eigenvalue weighted by Crippen LogP contribution is 2.41. The van der Waals surface area contributed by atoms with E-state index >= 15 is 0 Å². The molecule has 4 atom stereocenters. The van der Waals surface area contributed by atoms with Gasteiger partial charge in [-0.3, -0.25) is 0 Å². The van der Waals surface area contributed by atoms with Crippen molar-refractivity contribution in [1.29, 1.82) is 0 Å². The van der Waals surface area contributed by atoms with Gasteiger partial charge in [-0.15, -0.1) is 0 Å². The molecule has 0 aromatic heterocycles. The Kier molecular flexibility index (Phi) is 4.66. The van der Waals surface area contributed by atoms with E-state index in [2.05, 4.69) is 6.92 Å². The molecule has 2 aliphatic rings. The summed E-state index contributed by atoms with van der Waals surface area (Å²) < 4.78 is 6.05. The van der Waals surface area contributed by atoms with Crippen molar-refractivity contribution in [3.63, 3.8) is 0 Å². The van der Waals surface area contributed by atoms with Crippen LogP contribution in [0, 0.1) is 11.8 Å². The molecule has 0 heterocycles. The third-order valence-electron chi connectivity index (χ3n) is 4.38. The molecule has 0 bridgehead atoms. The minimum Gasteiger partial charge on any atom is -0.393 e. The van der Waals surface area contributed by atoms with Crippen molar-refractivity contribution < 1.29 is 9.84 Å². The summed E-state index contributed by atoms with van der Waals surface area (Å²) in [5.74, 6) is 1.48. The van der Waals surface area contributed by atoms with Crippen molar-refractivity contribution in [1.82, 2.24) is 0 Å². The maximum Gasteiger partial charge on any atom is 0.0605 e. The van der Waals surface area contributed by atoms with Crippen molar-refractivity contribution in [2.75, 3.05) is 6.61 Å². The number of hydrogen-bond donors (Lipinski definition) is 1. The number of aliphatic hydroxyl groups excluding tert-OH is 1. The molecule has 1 N–H and O–H groups in total. The Hall–Kier alpha value is -0.0800. The topological polar surface area (TPSA) is 29.5 Å². The molecule has 0 radical (unpaired) electrons. The number of unbranched alkanes of at least 4 members (excludes halogenated alkanes) is 1. The molecule has 4 unspecified atom stereocenters. The Morgan fingerprint density at radius 3 is 2.88 bits per heavy atom. The van der Waals surface area contributed by atoms with Crippen LogP contribution in [0.4, 0.5) is 0 Å². The summed E-state index contributed by atoms with van der Waals surface area (Å²) in [6.45, 7) is 3.15. The lowest BCUT2D eigenvalue weighted by molar-refractivity contribution is -0.0662. The minimum atomic E-state index is -0.0318. The summed E-state index contributed by atoms with van der Waals surface area (Å²) in [5, 5.41) is 9.71. The molecular weight excluding hydrogens is 200 g/mol. The van der Waals surface area contributed by atoms with Gasteiger partial charge in [0.25, 0.3) is 0 Å². The number of aliphatic hydroxyl groups is 1. The lowest BCUT2D eigenvalue weighted by Gasteiger charge is -2.42. The van der Waals surface area contributed by atoms with E-state index in [-0.39, 0.29) is 6.10 Å². The summed E-state index contributed by atoms with van der Waals surface area (Å²) in [7, 11) is 0. The predicted molar refractivity (Wildman–Crippen MR) is 65.3 cm³/mol. The van der Waals surface area contributed by atoms with Gasteiger partial charge in [-0.05, 0) is 50.4 Å². The smallest absolute Gasteiger partial charge is 0.0605 e. The minimum absolute atomic E-state index is 0.0318. The maximum atomic E-state index is 9.71. The van der Waals surface area contributed by atoms with Gasteiger partial charge in [0.05, 0.1) is 12.2 Å². The molecule has 2 saturated carbocycles. The van der Waals surface area contributed by atoms with E-state index in [1.165, 1.54) is 38.5 Å². The SMILES string of the molecule is CCCCOC1CCCC2CC(O)CCC21. The Bertz CT molecular complexity index is 205. The second kappa shape index (κ2) is 6.02. The zero-order valence-corrected chi connectivity index (χ0v) is 10.5. The first-order valence-corrected chi connectivity index (χ1v) is 7.11. The van der Waals surface area contributed by atoms with Crippen LogP contribution in [-0.2, 0) is 4.74 Å². The van der Waals surface area contributed by atoms with E-state index < -0.39 is 0 Å². The quantitative estimate of drug-likeness (QED) is 0.746. The van der Waals surface area contributed by atoms with Gasteiger partial charge in [-0.2, -0.15) is 0 Å². The molecule has 2 fully saturated rings. The van der Waals surface area contributed by atoms with Gasteiger partial charge in [-0.25, -0.2) is 0 Å². The molecule has 94 valence electrons. The third-order valence-corrected chi connectivity index (χ3v) is 4.38. The predicted octanol–water partition coefficient (Wildman–Crippen LogP) is 3.13. The van der Waals surface area contributed by atoms with E-state index in [0.717, 1.165) is 31.3 Å². The van der Waals surface area contributed by atoms with Crippen LogP contribution in [0.25, 0.3) is 0 Å². The van der Waals surface area contributed by atoms with Gasteiger partial charge in [0, 0.05) is 6.61 Å². The summed E-state index contributed by atoms with van der Waals surface area (Å²) in [6.07, 6.45) is 9.95. The molecule has 0 aromatic carbocycles. The molecule has 0 amide bonds. The Morgan fingerprint density at radius 1 is 1.19 bits per heavy atom. The molecule has 2 nitrogen and oxygen atoms in total. The third kappa shape index (κ3) is 2.98. The summed E-state index contributed by atoms with van der Waals surface area (Å²) in [6, 6.07) is 0. The van der Waals surface area contributed by atoms with Crippen molar-refractivity contribution in [2.45, 2.75) is 70.5 Å². The summed E-state index contributed by atoms with van der Waals surface area (Å²) in [4.78, 5) is 0. The fraction of sp³-hybridized carbons (Fsp3) is 1.00. The van der Waals surface area contributed by atoms with E-state index in [1.54, 1.807) is 0 Å². The largest absolute Gasteiger partial charge is 0.393 e. The van der Waals surface area contributed by atoms with Crippen LogP contribution in [0.1, 0.15) is 58.3 Å². The zero-order chi connectivity index (χ0) is 11.4. The lowest BCUT2D eigenvalue weighted by Crippen LogP contribution is -2.40. The van der Waals surface area contributed by atoms with Crippen LogP contribution in [0.15, 0.2) is 0 Å². The number of ether oxygens (including phenoxy) is 1. The van der Waals surface area contributed by atoms with E-state index in [0.29, 0.717) is 6.10 Å². The molecule has 0 aliphatic heterocycles. The van der Waals surface area contributed by atoms with Crippen molar-refractivity contribution >= 4 is 0 Å². The van der Waals surface area contributed by atoms with Gasteiger partial charge >= 0.3 is 0 Å². The fourth-order valence-electron chi connectivity index (χ4n) is 3.47. The molecule has 2 heteroatoms. The van der Waals surface area contributed by atoms with E-state index in [9.17, 15) is 5.11 Å². The van der Waals surface area contributed by atoms with Gasteiger partial charge in [0.2, 0.25) is 0 Å². The molecule has 0 spiro atoms. The number of fused-ring (bicyclic) bond motifs is 1. The Morgan fingerprint density at radius 2 is 2.06 bits per heavy atom. The van der Waals surface area contributed by atoms with E-state index in [1.807, 2.05) is 0 Å². The second-order valence-corrected chi connectivity index (χ2v) is 5.58. The number of rotatable bonds is 4. The van der Waals surface area contributed by atoms with Gasteiger partial charge in [-0.1, -0.05) is 19.8 Å². The first kappa shape index (κ1) is 12.4.